The molecule has 0 bridgehead atoms. The third kappa shape index (κ3) is 2.98. The Morgan fingerprint density at radius 3 is 2.42 bits per heavy atom. The number of thiocarbonyl (C=S) groups is 1. The van der Waals surface area contributed by atoms with E-state index in [9.17, 15) is 14.4 Å². The van der Waals surface area contributed by atoms with Gasteiger partial charge in [-0.05, 0) is 31.0 Å². The molecule has 0 saturated carbocycles. The third-order valence-corrected chi connectivity index (χ3v) is 3.57. The molecule has 1 heterocycles. The molecule has 19 heavy (non-hydrogen) atoms. The quantitative estimate of drug-likeness (QED) is 0.377. The lowest BCUT2D eigenvalue weighted by Crippen LogP contribution is -2.64. The highest BCUT2D eigenvalue weighted by Crippen LogP contribution is 2.37. The average molecular weight is 284 g/mol. The zero-order valence-corrected chi connectivity index (χ0v) is 11.4. The Bertz CT molecular complexity index is 427. The molecule has 0 spiro atoms. The van der Waals surface area contributed by atoms with Gasteiger partial charge in [0.15, 0.2) is 5.11 Å². The van der Waals surface area contributed by atoms with Crippen LogP contribution in [0.3, 0.4) is 0 Å². The number of carbonyl (C=O) groups excluding carboxylic acids is 2. The molecule has 7 heteroatoms. The maximum absolute atomic E-state index is 12.2. The number of aliphatic carboxylic acids is 1. The molecule has 0 radical (unpaired) electrons. The predicted octanol–water partition coefficient (Wildman–Crippen LogP) is 0.581. The molecule has 1 aliphatic rings. The predicted molar refractivity (Wildman–Crippen MR) is 72.2 cm³/mol. The summed E-state index contributed by atoms with van der Waals surface area (Å²) in [4.78, 5) is 34.9. The highest BCUT2D eigenvalue weighted by atomic mass is 32.1. The van der Waals surface area contributed by atoms with Gasteiger partial charge < -0.3 is 15.7 Å². The summed E-state index contributed by atoms with van der Waals surface area (Å²) < 4.78 is 0. The minimum atomic E-state index is -1.35. The van der Waals surface area contributed by atoms with Gasteiger partial charge >= 0.3 is 5.97 Å². The van der Waals surface area contributed by atoms with Crippen molar-refractivity contribution >= 4 is 35.1 Å². The molecule has 104 valence electrons. The first kappa shape index (κ1) is 15.3. The molecule has 1 atom stereocenters. The molecule has 0 aromatic carbocycles. The molecular formula is C12H16N2O4S. The van der Waals surface area contributed by atoms with E-state index in [0.717, 1.165) is 0 Å². The van der Waals surface area contributed by atoms with Crippen molar-refractivity contribution in [1.29, 1.82) is 0 Å². The van der Waals surface area contributed by atoms with E-state index in [4.69, 9.17) is 17.3 Å². The lowest BCUT2D eigenvalue weighted by molar-refractivity contribution is -0.148. The van der Waals surface area contributed by atoms with Crippen molar-refractivity contribution in [2.75, 3.05) is 0 Å². The largest absolute Gasteiger partial charge is 0.481 e. The number of allylic oxidation sites excluding steroid dienone is 1. The summed E-state index contributed by atoms with van der Waals surface area (Å²) in [7, 11) is 0. The van der Waals surface area contributed by atoms with Crippen molar-refractivity contribution in [2.24, 2.45) is 11.3 Å². The smallest absolute Gasteiger partial charge is 0.303 e. The van der Waals surface area contributed by atoms with E-state index in [1.807, 2.05) is 0 Å². The first-order chi connectivity index (χ1) is 8.84. The van der Waals surface area contributed by atoms with Crippen molar-refractivity contribution in [3.8, 4) is 0 Å². The van der Waals surface area contributed by atoms with Gasteiger partial charge in [-0.3, -0.25) is 14.4 Å². The van der Waals surface area contributed by atoms with E-state index in [1.54, 1.807) is 6.92 Å². The second-order valence-corrected chi connectivity index (χ2v) is 4.94. The van der Waals surface area contributed by atoms with E-state index in [1.165, 1.54) is 6.08 Å². The van der Waals surface area contributed by atoms with Crippen LogP contribution in [0.5, 0.6) is 0 Å². The Balaban J connectivity index is 3.04. The van der Waals surface area contributed by atoms with Gasteiger partial charge in [0.05, 0.1) is 0 Å². The standard InChI is InChI=1S/C12H16N2O4S/c1-3-6-12(7(2)4-5-8(15)16)9(17)13-11(19)14-10(12)18/h3,7H,1,4-6H2,2H3,(H,15,16)(H2,13,14,17,18,19). The molecule has 1 saturated heterocycles. The summed E-state index contributed by atoms with van der Waals surface area (Å²) in [6, 6.07) is 0. The maximum Gasteiger partial charge on any atom is 0.303 e. The number of nitrogens with one attached hydrogen (secondary N) is 2. The number of carboxylic acids is 1. The summed E-state index contributed by atoms with van der Waals surface area (Å²) in [6.07, 6.45) is 1.72. The fourth-order valence-electron chi connectivity index (χ4n) is 2.21. The van der Waals surface area contributed by atoms with E-state index in [2.05, 4.69) is 17.2 Å². The highest BCUT2D eigenvalue weighted by Gasteiger charge is 2.52. The second-order valence-electron chi connectivity index (χ2n) is 4.53. The molecular weight excluding hydrogens is 268 g/mol. The van der Waals surface area contributed by atoms with Gasteiger partial charge in [0.25, 0.3) is 0 Å². The minimum absolute atomic E-state index is 0.0277. The van der Waals surface area contributed by atoms with Crippen LogP contribution in [-0.4, -0.2) is 28.0 Å². The minimum Gasteiger partial charge on any atom is -0.481 e. The van der Waals surface area contributed by atoms with E-state index >= 15 is 0 Å². The summed E-state index contributed by atoms with van der Waals surface area (Å²) in [5.41, 5.74) is -1.35. The molecule has 0 aromatic rings. The molecule has 3 N–H and O–H groups in total. The van der Waals surface area contributed by atoms with Crippen LogP contribution in [-0.2, 0) is 14.4 Å². The van der Waals surface area contributed by atoms with Crippen LogP contribution in [0.1, 0.15) is 26.2 Å². The fourth-order valence-corrected chi connectivity index (χ4v) is 2.40. The Morgan fingerprint density at radius 1 is 1.47 bits per heavy atom. The van der Waals surface area contributed by atoms with Gasteiger partial charge in [-0.2, -0.15) is 0 Å². The maximum atomic E-state index is 12.2. The molecule has 1 aliphatic heterocycles. The van der Waals surface area contributed by atoms with Crippen LogP contribution in [0.15, 0.2) is 12.7 Å². The first-order valence-corrected chi connectivity index (χ1v) is 6.25. The molecule has 2 amide bonds. The fraction of sp³-hybridized carbons (Fsp3) is 0.500. The second kappa shape index (κ2) is 5.92. The number of hydrogen-bond acceptors (Lipinski definition) is 4. The summed E-state index contributed by atoms with van der Waals surface area (Å²) in [6.45, 7) is 5.24. The van der Waals surface area contributed by atoms with Crippen LogP contribution >= 0.6 is 12.2 Å². The van der Waals surface area contributed by atoms with Crippen LogP contribution in [0, 0.1) is 11.3 Å². The summed E-state index contributed by atoms with van der Waals surface area (Å²) >= 11 is 4.76. The first-order valence-electron chi connectivity index (χ1n) is 5.84. The lowest BCUT2D eigenvalue weighted by atomic mass is 9.69. The zero-order chi connectivity index (χ0) is 14.6. The number of carboxylic acid groups (broad SMARTS) is 1. The Labute approximate surface area is 116 Å². The van der Waals surface area contributed by atoms with Crippen LogP contribution in [0.25, 0.3) is 0 Å². The number of carbonyl (C=O) groups is 3. The molecule has 0 aromatic heterocycles. The van der Waals surface area contributed by atoms with Crippen LogP contribution < -0.4 is 10.6 Å². The Morgan fingerprint density at radius 2 is 2.00 bits per heavy atom. The van der Waals surface area contributed by atoms with Crippen molar-refractivity contribution in [2.45, 2.75) is 26.2 Å². The van der Waals surface area contributed by atoms with E-state index < -0.39 is 29.1 Å². The van der Waals surface area contributed by atoms with Gasteiger partial charge in [-0.25, -0.2) is 0 Å². The number of hydrogen-bond donors (Lipinski definition) is 3. The van der Waals surface area contributed by atoms with E-state index in [0.29, 0.717) is 0 Å². The van der Waals surface area contributed by atoms with Crippen molar-refractivity contribution in [3.05, 3.63) is 12.7 Å². The molecule has 6 nitrogen and oxygen atoms in total. The lowest BCUT2D eigenvalue weighted by Gasteiger charge is -2.38. The number of amides is 2. The summed E-state index contributed by atoms with van der Waals surface area (Å²) in [5.74, 6) is -2.41. The molecule has 1 unspecified atom stereocenters. The van der Waals surface area contributed by atoms with Crippen LogP contribution in [0.4, 0.5) is 0 Å². The van der Waals surface area contributed by atoms with Crippen LogP contribution in [0.2, 0.25) is 0 Å². The van der Waals surface area contributed by atoms with Gasteiger partial charge in [0.2, 0.25) is 11.8 Å². The number of rotatable bonds is 6. The van der Waals surface area contributed by atoms with E-state index in [-0.39, 0.29) is 24.4 Å². The van der Waals surface area contributed by atoms with Crippen molar-refractivity contribution in [3.63, 3.8) is 0 Å². The third-order valence-electron chi connectivity index (χ3n) is 3.36. The Kier molecular flexibility index (Phi) is 4.77. The SMILES string of the molecule is C=CCC1(C(C)CCC(=O)O)C(=O)NC(=S)NC1=O. The zero-order valence-electron chi connectivity index (χ0n) is 10.6. The van der Waals surface area contributed by atoms with Gasteiger partial charge in [0.1, 0.15) is 5.41 Å². The Hall–Kier alpha value is -1.76. The molecule has 1 fully saturated rings. The highest BCUT2D eigenvalue weighted by molar-refractivity contribution is 7.80. The average Bonchev–Trinajstić information content (AvgIpc) is 2.30. The van der Waals surface area contributed by atoms with Gasteiger partial charge in [-0.1, -0.05) is 13.0 Å². The van der Waals surface area contributed by atoms with Crippen molar-refractivity contribution < 1.29 is 19.5 Å². The van der Waals surface area contributed by atoms with Gasteiger partial charge in [-0.15, -0.1) is 6.58 Å². The normalized spacial score (nSPS) is 19.3. The molecule has 0 aliphatic carbocycles. The van der Waals surface area contributed by atoms with Gasteiger partial charge in [0, 0.05) is 6.42 Å². The summed E-state index contributed by atoms with van der Waals surface area (Å²) in [5, 5.41) is 13.5. The topological polar surface area (TPSA) is 95.5 Å². The molecule has 1 rings (SSSR count). The van der Waals surface area contributed by atoms with Crippen molar-refractivity contribution in [1.82, 2.24) is 10.6 Å². The monoisotopic (exact) mass is 284 g/mol.